The van der Waals surface area contributed by atoms with E-state index in [2.05, 4.69) is 41.5 Å². The van der Waals surface area contributed by atoms with Gasteiger partial charge < -0.3 is 14.2 Å². The zero-order chi connectivity index (χ0) is 32.1. The summed E-state index contributed by atoms with van der Waals surface area (Å²) in [5.74, 6) is -4.07. The van der Waals surface area contributed by atoms with Gasteiger partial charge in [0.25, 0.3) is 5.92 Å². The maximum absolute atomic E-state index is 13.7. The van der Waals surface area contributed by atoms with E-state index in [4.69, 9.17) is 14.2 Å². The van der Waals surface area contributed by atoms with E-state index < -0.39 is 23.8 Å². The first-order valence-corrected chi connectivity index (χ1v) is 18.5. The van der Waals surface area contributed by atoms with E-state index in [0.717, 1.165) is 154 Å². The largest absolute Gasteiger partial charge is 0.461 e. The highest BCUT2D eigenvalue weighted by molar-refractivity contribution is 6.12. The van der Waals surface area contributed by atoms with Crippen LogP contribution in [0.25, 0.3) is 0 Å². The molecule has 0 aromatic carbocycles. The first kappa shape index (κ1) is 41.4. The Morgan fingerprint density at radius 3 is 0.698 bits per heavy atom. The molecule has 6 heteroatoms. The maximum atomic E-state index is 13.7. The molecule has 0 N–H and O–H groups in total. The molecule has 0 aromatic heterocycles. The summed E-state index contributed by atoms with van der Waals surface area (Å²) in [6.07, 6.45) is 22.1. The Balaban J connectivity index is 5.95. The third-order valence-corrected chi connectivity index (χ3v) is 8.33. The lowest BCUT2D eigenvalue weighted by atomic mass is 10.0. The topological polar surface area (TPSA) is 78.9 Å². The number of hydrogen-bond donors (Lipinski definition) is 0. The van der Waals surface area contributed by atoms with Crippen LogP contribution in [0, 0.1) is 5.92 Å². The molecule has 0 fully saturated rings. The van der Waals surface area contributed by atoms with Crippen LogP contribution in [0.1, 0.15) is 196 Å². The number of carbonyl (C=O) groups is 3. The highest BCUT2D eigenvalue weighted by Crippen LogP contribution is 2.23. The minimum atomic E-state index is -1.68. The van der Waals surface area contributed by atoms with Crippen LogP contribution < -0.4 is 0 Å². The second kappa shape index (κ2) is 29.1. The SMILES string of the molecule is CCCCCC(CCCCC)OC(=O)C(C(=O)OC(CCCCC)CCCCC)C(=O)OC(CCCCC)CCCCC. The van der Waals surface area contributed by atoms with Gasteiger partial charge in [0.05, 0.1) is 0 Å². The van der Waals surface area contributed by atoms with Gasteiger partial charge >= 0.3 is 17.9 Å². The summed E-state index contributed by atoms with van der Waals surface area (Å²) < 4.78 is 17.9. The molecule has 0 saturated carbocycles. The second-order valence-electron chi connectivity index (χ2n) is 12.6. The molecule has 0 aliphatic heterocycles. The minimum Gasteiger partial charge on any atom is -0.461 e. The van der Waals surface area contributed by atoms with Crippen molar-refractivity contribution in [1.82, 2.24) is 0 Å². The molecular formula is C37H70O6. The molecule has 43 heavy (non-hydrogen) atoms. The molecule has 0 saturated heterocycles. The van der Waals surface area contributed by atoms with Crippen molar-refractivity contribution in [2.45, 2.75) is 214 Å². The molecule has 254 valence electrons. The van der Waals surface area contributed by atoms with Crippen LogP contribution >= 0.6 is 0 Å². The lowest BCUT2D eigenvalue weighted by Crippen LogP contribution is -2.40. The molecule has 6 nitrogen and oxygen atoms in total. The van der Waals surface area contributed by atoms with Crippen molar-refractivity contribution in [1.29, 1.82) is 0 Å². The number of unbranched alkanes of at least 4 members (excludes halogenated alkanes) is 12. The highest BCUT2D eigenvalue weighted by atomic mass is 16.6. The van der Waals surface area contributed by atoms with Gasteiger partial charge in [0.15, 0.2) is 0 Å². The molecule has 0 aliphatic rings. The van der Waals surface area contributed by atoms with Crippen molar-refractivity contribution >= 4 is 17.9 Å². The third-order valence-electron chi connectivity index (χ3n) is 8.33. The van der Waals surface area contributed by atoms with Crippen molar-refractivity contribution in [3.8, 4) is 0 Å². The van der Waals surface area contributed by atoms with Crippen molar-refractivity contribution in [3.63, 3.8) is 0 Å². The van der Waals surface area contributed by atoms with Gasteiger partial charge in [0, 0.05) is 0 Å². The Labute approximate surface area is 266 Å². The van der Waals surface area contributed by atoms with Crippen LogP contribution in [-0.2, 0) is 28.6 Å². The zero-order valence-corrected chi connectivity index (χ0v) is 29.2. The van der Waals surface area contributed by atoms with Gasteiger partial charge in [-0.3, -0.25) is 14.4 Å². The van der Waals surface area contributed by atoms with Crippen LogP contribution in [0.2, 0.25) is 0 Å². The summed E-state index contributed by atoms with van der Waals surface area (Å²) in [6, 6.07) is 0. The van der Waals surface area contributed by atoms with Crippen LogP contribution in [0.15, 0.2) is 0 Å². The van der Waals surface area contributed by atoms with E-state index in [1.54, 1.807) is 0 Å². The fourth-order valence-corrected chi connectivity index (χ4v) is 5.50. The normalized spacial score (nSPS) is 11.6. The lowest BCUT2D eigenvalue weighted by molar-refractivity contribution is -0.179. The smallest absolute Gasteiger partial charge is 0.332 e. The van der Waals surface area contributed by atoms with Crippen molar-refractivity contribution < 1.29 is 28.6 Å². The highest BCUT2D eigenvalue weighted by Gasteiger charge is 2.41. The molecule has 0 radical (unpaired) electrons. The Kier molecular flexibility index (Phi) is 28.1. The number of hydrogen-bond acceptors (Lipinski definition) is 6. The number of esters is 3. The van der Waals surface area contributed by atoms with Gasteiger partial charge in [-0.2, -0.15) is 0 Å². The van der Waals surface area contributed by atoms with Crippen LogP contribution in [0.5, 0.6) is 0 Å². The molecule has 0 heterocycles. The summed E-state index contributed by atoms with van der Waals surface area (Å²) in [6.45, 7) is 12.9. The van der Waals surface area contributed by atoms with Gasteiger partial charge in [-0.15, -0.1) is 0 Å². The lowest BCUT2D eigenvalue weighted by Gasteiger charge is -2.25. The Bertz CT molecular complexity index is 558. The molecule has 0 aromatic rings. The molecule has 0 aliphatic carbocycles. The molecule has 0 amide bonds. The van der Waals surface area contributed by atoms with Crippen LogP contribution in [0.3, 0.4) is 0 Å². The van der Waals surface area contributed by atoms with E-state index in [0.29, 0.717) is 0 Å². The van der Waals surface area contributed by atoms with Crippen molar-refractivity contribution in [2.24, 2.45) is 5.92 Å². The van der Waals surface area contributed by atoms with Crippen molar-refractivity contribution in [2.75, 3.05) is 0 Å². The first-order chi connectivity index (χ1) is 20.9. The van der Waals surface area contributed by atoms with E-state index in [1.807, 2.05) is 0 Å². The summed E-state index contributed by atoms with van der Waals surface area (Å²) in [4.78, 5) is 41.0. The molecule has 0 spiro atoms. The van der Waals surface area contributed by atoms with Crippen molar-refractivity contribution in [3.05, 3.63) is 0 Å². The standard InChI is InChI=1S/C37H70O6/c1-7-13-19-25-31(26-20-14-8-2)41-35(38)34(36(39)42-32(27-21-15-9-3)28-22-16-10-4)37(40)43-33(29-23-17-11-5)30-24-18-12-6/h31-34H,7-30H2,1-6H3. The Morgan fingerprint density at radius 1 is 0.349 bits per heavy atom. The second-order valence-corrected chi connectivity index (χ2v) is 12.6. The van der Waals surface area contributed by atoms with Gasteiger partial charge in [0.1, 0.15) is 18.3 Å². The number of carbonyl (C=O) groups excluding carboxylic acids is 3. The predicted octanol–water partition coefficient (Wildman–Crippen LogP) is 10.8. The molecule has 0 atom stereocenters. The molecule has 0 rings (SSSR count). The molecule has 0 bridgehead atoms. The minimum absolute atomic E-state index is 0.302. The van der Waals surface area contributed by atoms with E-state index >= 15 is 0 Å². The van der Waals surface area contributed by atoms with Crippen LogP contribution in [-0.4, -0.2) is 36.2 Å². The average Bonchev–Trinajstić information content (AvgIpc) is 2.97. The summed E-state index contributed by atoms with van der Waals surface area (Å²) >= 11 is 0. The van der Waals surface area contributed by atoms with Gasteiger partial charge in [-0.25, -0.2) is 0 Å². The van der Waals surface area contributed by atoms with Gasteiger partial charge in [-0.05, 0) is 77.0 Å². The van der Waals surface area contributed by atoms with Crippen LogP contribution in [0.4, 0.5) is 0 Å². The Hall–Kier alpha value is -1.59. The predicted molar refractivity (Wildman–Crippen MR) is 178 cm³/mol. The summed E-state index contributed by atoms with van der Waals surface area (Å²) in [7, 11) is 0. The van der Waals surface area contributed by atoms with Gasteiger partial charge in [0.2, 0.25) is 0 Å². The zero-order valence-electron chi connectivity index (χ0n) is 29.2. The fourth-order valence-electron chi connectivity index (χ4n) is 5.50. The Morgan fingerprint density at radius 2 is 0.535 bits per heavy atom. The van der Waals surface area contributed by atoms with E-state index in [-0.39, 0.29) is 18.3 Å². The molecule has 0 unspecified atom stereocenters. The third kappa shape index (κ3) is 21.7. The average molecular weight is 611 g/mol. The van der Waals surface area contributed by atoms with E-state index in [9.17, 15) is 14.4 Å². The molecular weight excluding hydrogens is 540 g/mol. The fraction of sp³-hybridized carbons (Fsp3) is 0.919. The summed E-state index contributed by atoms with van der Waals surface area (Å²) in [5, 5.41) is 0. The monoisotopic (exact) mass is 611 g/mol. The number of ether oxygens (including phenoxy) is 3. The first-order valence-electron chi connectivity index (χ1n) is 18.5. The maximum Gasteiger partial charge on any atom is 0.332 e. The van der Waals surface area contributed by atoms with E-state index in [1.165, 1.54) is 0 Å². The number of rotatable bonds is 30. The summed E-state index contributed by atoms with van der Waals surface area (Å²) in [5.41, 5.74) is 0. The van der Waals surface area contributed by atoms with Gasteiger partial charge in [-0.1, -0.05) is 119 Å². The quantitative estimate of drug-likeness (QED) is 0.0348.